The lowest BCUT2D eigenvalue weighted by atomic mass is 10.7. The molecule has 98 valence electrons. The first kappa shape index (κ1) is 17.7. The summed E-state index contributed by atoms with van der Waals surface area (Å²) in [6.07, 6.45) is 0. The van der Waals surface area contributed by atoms with Crippen LogP contribution >= 0.6 is 0 Å². The molecule has 0 saturated carbocycles. The molecule has 7 nitrogen and oxygen atoms in total. The maximum absolute atomic E-state index is 10.0. The lowest BCUT2D eigenvalue weighted by Crippen LogP contribution is -2.15. The molecule has 0 aliphatic rings. The minimum absolute atomic E-state index is 0.281. The van der Waals surface area contributed by atoms with Crippen molar-refractivity contribution in [3.8, 4) is 0 Å². The van der Waals surface area contributed by atoms with Crippen LogP contribution in [0.25, 0.3) is 0 Å². The number of rotatable bonds is 10. The Labute approximate surface area is 95.6 Å². The quantitative estimate of drug-likeness (QED) is 0.403. The van der Waals surface area contributed by atoms with Crippen LogP contribution in [0.4, 0.5) is 0 Å². The van der Waals surface area contributed by atoms with Gasteiger partial charge in [0.15, 0.2) is 0 Å². The zero-order valence-electron chi connectivity index (χ0n) is 9.68. The molecule has 0 atom stereocenters. The van der Waals surface area contributed by atoms with E-state index >= 15 is 0 Å². The highest BCUT2D eigenvalue weighted by Gasteiger charge is 1.95. The lowest BCUT2D eigenvalue weighted by Gasteiger charge is -2.04. The third-order valence-corrected chi connectivity index (χ3v) is 1.23. The van der Waals surface area contributed by atoms with Gasteiger partial charge in [0, 0.05) is 6.54 Å². The molecule has 0 saturated heterocycles. The number of hydrogen-bond acceptors (Lipinski definition) is 6. The Morgan fingerprint density at radius 3 is 1.88 bits per heavy atom. The van der Waals surface area contributed by atoms with Gasteiger partial charge in [0.2, 0.25) is 0 Å². The zero-order valence-corrected chi connectivity index (χ0v) is 9.68. The first-order chi connectivity index (χ1) is 7.77. The summed E-state index contributed by atoms with van der Waals surface area (Å²) in [4.78, 5) is 10.0. The maximum Gasteiger partial charge on any atom is 0.329 e. The first-order valence-corrected chi connectivity index (χ1v) is 5.00. The lowest BCUT2D eigenvalue weighted by molar-refractivity contribution is -0.142. The largest absolute Gasteiger partial charge is 0.480 e. The molecule has 16 heavy (non-hydrogen) atoms. The molecule has 0 aliphatic heterocycles. The van der Waals surface area contributed by atoms with Crippen molar-refractivity contribution < 1.29 is 24.1 Å². The van der Waals surface area contributed by atoms with Gasteiger partial charge in [0.05, 0.1) is 33.0 Å². The van der Waals surface area contributed by atoms with Crippen molar-refractivity contribution in [3.63, 3.8) is 0 Å². The van der Waals surface area contributed by atoms with Crippen LogP contribution in [0.3, 0.4) is 0 Å². The van der Waals surface area contributed by atoms with Gasteiger partial charge in [-0.1, -0.05) is 0 Å². The molecule has 0 heterocycles. The van der Waals surface area contributed by atoms with Gasteiger partial charge in [-0.25, -0.2) is 4.79 Å². The summed E-state index contributed by atoms with van der Waals surface area (Å²) < 4.78 is 14.9. The van der Waals surface area contributed by atoms with Crippen molar-refractivity contribution in [2.45, 2.75) is 0 Å². The van der Waals surface area contributed by atoms with E-state index in [0.29, 0.717) is 33.0 Å². The number of aliphatic carboxylic acids is 1. The van der Waals surface area contributed by atoms with Crippen molar-refractivity contribution in [1.29, 1.82) is 0 Å². The Kier molecular flexibility index (Phi) is 18.4. The molecule has 0 fully saturated rings. The predicted octanol–water partition coefficient (Wildman–Crippen LogP) is -1.35. The summed E-state index contributed by atoms with van der Waals surface area (Å²) in [6.45, 7) is 2.36. The minimum atomic E-state index is -0.976. The molecule has 7 heteroatoms. The van der Waals surface area contributed by atoms with Crippen LogP contribution in [-0.2, 0) is 19.0 Å². The second-order valence-electron chi connectivity index (χ2n) is 2.46. The monoisotopic (exact) mass is 238 g/mol. The van der Waals surface area contributed by atoms with Gasteiger partial charge in [-0.3, -0.25) is 0 Å². The molecule has 0 aromatic rings. The van der Waals surface area contributed by atoms with Crippen LogP contribution in [-0.4, -0.2) is 64.3 Å². The van der Waals surface area contributed by atoms with Crippen molar-refractivity contribution in [1.82, 2.24) is 0 Å². The van der Waals surface area contributed by atoms with Gasteiger partial charge < -0.3 is 30.8 Å². The average molecular weight is 238 g/mol. The Balaban J connectivity index is 0. The van der Waals surface area contributed by atoms with Crippen LogP contribution in [0.2, 0.25) is 0 Å². The molecule has 0 bridgehead atoms. The number of hydrogen-bond donors (Lipinski definition) is 3. The third-order valence-electron chi connectivity index (χ3n) is 1.23. The highest BCUT2D eigenvalue weighted by Crippen LogP contribution is 1.80. The highest BCUT2D eigenvalue weighted by atomic mass is 16.5. The topological polar surface area (TPSA) is 117 Å². The normalized spacial score (nSPS) is 9.44. The van der Waals surface area contributed by atoms with E-state index in [4.69, 9.17) is 25.1 Å². The summed E-state index contributed by atoms with van der Waals surface area (Å²) in [7, 11) is 1.50. The number of nitrogens with two attached hydrogens (primary N) is 2. The van der Waals surface area contributed by atoms with Gasteiger partial charge in [-0.05, 0) is 7.05 Å². The number of carboxylic acids is 1. The van der Waals surface area contributed by atoms with Crippen molar-refractivity contribution in [3.05, 3.63) is 0 Å². The molecule has 0 aromatic carbocycles. The van der Waals surface area contributed by atoms with Gasteiger partial charge in [0.1, 0.15) is 6.61 Å². The summed E-state index contributed by atoms with van der Waals surface area (Å²) in [5, 5.41) is 8.22. The Hall–Kier alpha value is -0.730. The zero-order chi connectivity index (χ0) is 12.6. The molecule has 0 unspecified atom stereocenters. The second kappa shape index (κ2) is 16.7. The summed E-state index contributed by atoms with van der Waals surface area (Å²) >= 11 is 0. The van der Waals surface area contributed by atoms with E-state index in [2.05, 4.69) is 5.73 Å². The summed E-state index contributed by atoms with van der Waals surface area (Å²) in [5.41, 5.74) is 9.70. The number of carboxylic acid groups (broad SMARTS) is 1. The van der Waals surface area contributed by atoms with Crippen LogP contribution in [0.1, 0.15) is 0 Å². The van der Waals surface area contributed by atoms with E-state index in [1.54, 1.807) is 0 Å². The predicted molar refractivity (Wildman–Crippen MR) is 59.3 cm³/mol. The van der Waals surface area contributed by atoms with Gasteiger partial charge >= 0.3 is 5.97 Å². The van der Waals surface area contributed by atoms with Crippen molar-refractivity contribution in [2.24, 2.45) is 11.5 Å². The van der Waals surface area contributed by atoms with E-state index in [-0.39, 0.29) is 13.2 Å². The second-order valence-corrected chi connectivity index (χ2v) is 2.46. The van der Waals surface area contributed by atoms with E-state index < -0.39 is 5.97 Å². The molecule has 0 spiro atoms. The highest BCUT2D eigenvalue weighted by molar-refractivity contribution is 5.67. The van der Waals surface area contributed by atoms with Gasteiger partial charge in [-0.15, -0.1) is 0 Å². The first-order valence-electron chi connectivity index (χ1n) is 5.00. The fourth-order valence-electron chi connectivity index (χ4n) is 0.683. The number of ether oxygens (including phenoxy) is 3. The van der Waals surface area contributed by atoms with E-state index in [0.717, 1.165) is 0 Å². The van der Waals surface area contributed by atoms with Gasteiger partial charge in [-0.2, -0.15) is 0 Å². The third kappa shape index (κ3) is 18.9. The molecule has 0 radical (unpaired) electrons. The minimum Gasteiger partial charge on any atom is -0.480 e. The smallest absolute Gasteiger partial charge is 0.329 e. The standard InChI is InChI=1S/C8H17NO5.CH5N/c9-1-2-12-3-4-13-5-6-14-7-8(10)11;1-2/h1-7,9H2,(H,10,11);2H2,1H3. The number of carbonyl (C=O) groups is 1. The molecular weight excluding hydrogens is 216 g/mol. The van der Waals surface area contributed by atoms with Crippen molar-refractivity contribution >= 4 is 5.97 Å². The van der Waals surface area contributed by atoms with Crippen LogP contribution in [0.15, 0.2) is 0 Å². The summed E-state index contributed by atoms with van der Waals surface area (Å²) in [5.74, 6) is -0.976. The molecular formula is C9H22N2O5. The molecule has 0 amide bonds. The van der Waals surface area contributed by atoms with Crippen LogP contribution in [0, 0.1) is 0 Å². The summed E-state index contributed by atoms with van der Waals surface area (Å²) in [6, 6.07) is 0. The molecule has 0 aromatic heterocycles. The molecule has 0 aliphatic carbocycles. The Morgan fingerprint density at radius 1 is 1.00 bits per heavy atom. The Bertz CT molecular complexity index is 146. The van der Waals surface area contributed by atoms with Gasteiger partial charge in [0.25, 0.3) is 0 Å². The average Bonchev–Trinajstić information content (AvgIpc) is 2.29. The van der Waals surface area contributed by atoms with E-state index in [1.807, 2.05) is 0 Å². The van der Waals surface area contributed by atoms with Crippen LogP contribution < -0.4 is 11.5 Å². The fourth-order valence-corrected chi connectivity index (χ4v) is 0.683. The van der Waals surface area contributed by atoms with Crippen LogP contribution in [0.5, 0.6) is 0 Å². The van der Waals surface area contributed by atoms with Crippen molar-refractivity contribution in [2.75, 3.05) is 53.2 Å². The van der Waals surface area contributed by atoms with E-state index in [1.165, 1.54) is 7.05 Å². The SMILES string of the molecule is CN.NCCOCCOCCOCC(=O)O. The molecule has 5 N–H and O–H groups in total. The maximum atomic E-state index is 10.0. The fraction of sp³-hybridized carbons (Fsp3) is 0.889. The molecule has 0 rings (SSSR count). The van der Waals surface area contributed by atoms with E-state index in [9.17, 15) is 4.79 Å². The Morgan fingerprint density at radius 2 is 1.44 bits per heavy atom.